The van der Waals surface area contributed by atoms with Crippen LogP contribution in [0.3, 0.4) is 0 Å². The zero-order valence-electron chi connectivity index (χ0n) is 16.6. The van der Waals surface area contributed by atoms with Gasteiger partial charge in [-0.05, 0) is 79.0 Å². The number of aliphatic hydroxyl groups excluding tert-OH is 1. The fourth-order valence-electron chi connectivity index (χ4n) is 5.17. The quantitative estimate of drug-likeness (QED) is 0.804. The molecule has 0 saturated heterocycles. The molecule has 0 aromatic heterocycles. The average Bonchev–Trinajstić information content (AvgIpc) is 3.10. The van der Waals surface area contributed by atoms with E-state index in [2.05, 4.69) is 50.3 Å². The van der Waals surface area contributed by atoms with Gasteiger partial charge in [0.15, 0.2) is 0 Å². The molecule has 1 fully saturated rings. The van der Waals surface area contributed by atoms with Gasteiger partial charge in [0.25, 0.3) is 0 Å². The maximum atomic E-state index is 9.54. The summed E-state index contributed by atoms with van der Waals surface area (Å²) in [5.41, 5.74) is 13.4. The molecule has 0 amide bonds. The predicted octanol–water partition coefficient (Wildman–Crippen LogP) is 3.12. The van der Waals surface area contributed by atoms with Crippen molar-refractivity contribution in [3.63, 3.8) is 0 Å². The van der Waals surface area contributed by atoms with Gasteiger partial charge in [0.2, 0.25) is 0 Å². The number of benzene rings is 2. The number of aliphatic hydroxyl groups is 1. The molecule has 3 heteroatoms. The number of nitrogens with two attached hydrogens (primary N) is 1. The Labute approximate surface area is 164 Å². The first-order valence-corrected chi connectivity index (χ1v) is 10.7. The Hall–Kier alpha value is -1.58. The van der Waals surface area contributed by atoms with Gasteiger partial charge < -0.3 is 10.8 Å². The van der Waals surface area contributed by atoms with E-state index in [0.717, 1.165) is 31.5 Å². The van der Waals surface area contributed by atoms with E-state index in [4.69, 9.17) is 5.73 Å². The standard InChI is InChI=1S/C24H32BNO/c25-15-19-3-1-2-17(11-19)10-18-4-5-21-13-22(7-6-20(21)12-18)23-8-9-24(26,14-23)16-27/h1-3,6-7,11,13,18,23,27H,4-5,8-10,12,14-16,25-26H2/t18-,23-,24+/m0/s1. The van der Waals surface area contributed by atoms with Gasteiger partial charge in [-0.1, -0.05) is 54.3 Å². The third-order valence-electron chi connectivity index (χ3n) is 6.91. The van der Waals surface area contributed by atoms with Crippen LogP contribution < -0.4 is 5.73 Å². The zero-order valence-corrected chi connectivity index (χ0v) is 16.6. The molecule has 0 radical (unpaired) electrons. The maximum Gasteiger partial charge on any atom is 0.107 e. The molecule has 0 spiro atoms. The summed E-state index contributed by atoms with van der Waals surface area (Å²) in [7, 11) is 2.23. The van der Waals surface area contributed by atoms with Crippen molar-refractivity contribution in [1.29, 1.82) is 0 Å². The molecular formula is C24H32BNO. The minimum atomic E-state index is -0.362. The van der Waals surface area contributed by atoms with Gasteiger partial charge in [-0.15, -0.1) is 0 Å². The van der Waals surface area contributed by atoms with Crippen molar-refractivity contribution in [2.75, 3.05) is 6.61 Å². The Bertz CT molecular complexity index is 805. The van der Waals surface area contributed by atoms with Gasteiger partial charge in [-0.2, -0.15) is 0 Å². The van der Waals surface area contributed by atoms with E-state index in [1.165, 1.54) is 42.4 Å². The highest BCUT2D eigenvalue weighted by Crippen LogP contribution is 2.40. The van der Waals surface area contributed by atoms with Crippen LogP contribution in [0.4, 0.5) is 0 Å². The molecule has 27 heavy (non-hydrogen) atoms. The number of rotatable bonds is 5. The second kappa shape index (κ2) is 7.81. The molecule has 4 rings (SSSR count). The molecule has 0 bridgehead atoms. The summed E-state index contributed by atoms with van der Waals surface area (Å²) in [6.45, 7) is 0.107. The first-order valence-electron chi connectivity index (χ1n) is 10.7. The van der Waals surface area contributed by atoms with Crippen LogP contribution in [0.2, 0.25) is 0 Å². The number of hydrogen-bond acceptors (Lipinski definition) is 2. The summed E-state index contributed by atoms with van der Waals surface area (Å²) in [5.74, 6) is 1.27. The van der Waals surface area contributed by atoms with Gasteiger partial charge in [-0.3, -0.25) is 0 Å². The Balaban J connectivity index is 1.43. The Kier molecular flexibility index (Phi) is 5.43. The van der Waals surface area contributed by atoms with Crippen molar-refractivity contribution in [3.8, 4) is 0 Å². The normalized spacial score (nSPS) is 27.5. The highest BCUT2D eigenvalue weighted by atomic mass is 16.3. The van der Waals surface area contributed by atoms with Crippen molar-refractivity contribution in [2.45, 2.75) is 62.7 Å². The molecule has 0 unspecified atom stereocenters. The maximum absolute atomic E-state index is 9.54. The van der Waals surface area contributed by atoms with E-state index in [1.807, 2.05) is 0 Å². The first kappa shape index (κ1) is 18.8. The molecule has 0 heterocycles. The molecular weight excluding hydrogens is 329 g/mol. The van der Waals surface area contributed by atoms with Crippen LogP contribution in [-0.2, 0) is 25.6 Å². The SMILES string of the molecule is BCc1cccc(C[C@@H]2CCc3cc([C@H]4CC[C@](N)(CO)C4)ccc3C2)c1. The molecule has 1 saturated carbocycles. The van der Waals surface area contributed by atoms with Crippen molar-refractivity contribution < 1.29 is 5.11 Å². The van der Waals surface area contributed by atoms with Gasteiger partial charge in [0, 0.05) is 5.54 Å². The fourth-order valence-corrected chi connectivity index (χ4v) is 5.17. The average molecular weight is 361 g/mol. The molecule has 2 aromatic rings. The van der Waals surface area contributed by atoms with Crippen LogP contribution in [0.1, 0.15) is 59.4 Å². The van der Waals surface area contributed by atoms with Crippen LogP contribution in [0, 0.1) is 5.92 Å². The van der Waals surface area contributed by atoms with Crippen LogP contribution in [0.15, 0.2) is 42.5 Å². The van der Waals surface area contributed by atoms with E-state index >= 15 is 0 Å². The summed E-state index contributed by atoms with van der Waals surface area (Å²) in [6.07, 6.45) is 8.95. The molecule has 0 aliphatic heterocycles. The lowest BCUT2D eigenvalue weighted by Crippen LogP contribution is -2.40. The summed E-state index contributed by atoms with van der Waals surface area (Å²) < 4.78 is 0. The van der Waals surface area contributed by atoms with E-state index in [0.29, 0.717) is 5.92 Å². The third kappa shape index (κ3) is 4.15. The van der Waals surface area contributed by atoms with Crippen molar-refractivity contribution in [3.05, 3.63) is 70.3 Å². The van der Waals surface area contributed by atoms with Crippen LogP contribution in [-0.4, -0.2) is 25.1 Å². The third-order valence-corrected chi connectivity index (χ3v) is 6.91. The molecule has 3 N–H and O–H groups in total. The largest absolute Gasteiger partial charge is 0.394 e. The number of fused-ring (bicyclic) bond motifs is 1. The molecule has 2 aliphatic rings. The van der Waals surface area contributed by atoms with Gasteiger partial charge in [-0.25, -0.2) is 0 Å². The van der Waals surface area contributed by atoms with E-state index in [-0.39, 0.29) is 12.1 Å². The second-order valence-electron chi connectivity index (χ2n) is 8.97. The second-order valence-corrected chi connectivity index (χ2v) is 8.97. The van der Waals surface area contributed by atoms with Crippen LogP contribution >= 0.6 is 0 Å². The first-order chi connectivity index (χ1) is 13.1. The summed E-state index contributed by atoms with van der Waals surface area (Å²) in [6, 6.07) is 16.3. The smallest absolute Gasteiger partial charge is 0.107 e. The minimum Gasteiger partial charge on any atom is -0.394 e. The molecule has 2 nitrogen and oxygen atoms in total. The fraction of sp³-hybridized carbons (Fsp3) is 0.500. The predicted molar refractivity (Wildman–Crippen MR) is 115 cm³/mol. The summed E-state index contributed by atoms with van der Waals surface area (Å²) in [5, 5.41) is 9.54. The lowest BCUT2D eigenvalue weighted by Gasteiger charge is -2.26. The van der Waals surface area contributed by atoms with Crippen LogP contribution in [0.5, 0.6) is 0 Å². The monoisotopic (exact) mass is 361 g/mol. The summed E-state index contributed by atoms with van der Waals surface area (Å²) in [4.78, 5) is 0. The highest BCUT2D eigenvalue weighted by Gasteiger charge is 2.36. The number of aryl methyl sites for hydroxylation is 1. The van der Waals surface area contributed by atoms with Crippen molar-refractivity contribution >= 4 is 7.85 Å². The molecule has 2 aliphatic carbocycles. The topological polar surface area (TPSA) is 46.2 Å². The lowest BCUT2D eigenvalue weighted by atomic mass is 9.79. The van der Waals surface area contributed by atoms with Gasteiger partial charge in [0.05, 0.1) is 6.61 Å². The Morgan fingerprint density at radius 3 is 2.70 bits per heavy atom. The number of hydrogen-bond donors (Lipinski definition) is 2. The van der Waals surface area contributed by atoms with Gasteiger partial charge >= 0.3 is 0 Å². The summed E-state index contributed by atoms with van der Waals surface area (Å²) >= 11 is 0. The highest BCUT2D eigenvalue weighted by molar-refractivity contribution is 6.08. The van der Waals surface area contributed by atoms with E-state index in [9.17, 15) is 5.11 Å². The molecule has 2 aromatic carbocycles. The lowest BCUT2D eigenvalue weighted by molar-refractivity contribution is 0.198. The Morgan fingerprint density at radius 2 is 1.93 bits per heavy atom. The van der Waals surface area contributed by atoms with Crippen molar-refractivity contribution in [1.82, 2.24) is 0 Å². The van der Waals surface area contributed by atoms with E-state index < -0.39 is 0 Å². The zero-order chi connectivity index (χ0) is 18.9. The minimum absolute atomic E-state index is 0.107. The molecule has 142 valence electrons. The Morgan fingerprint density at radius 1 is 1.07 bits per heavy atom. The van der Waals surface area contributed by atoms with Crippen molar-refractivity contribution in [2.24, 2.45) is 11.7 Å². The van der Waals surface area contributed by atoms with E-state index in [1.54, 1.807) is 11.1 Å². The molecule has 3 atom stereocenters. The van der Waals surface area contributed by atoms with Crippen LogP contribution in [0.25, 0.3) is 0 Å². The van der Waals surface area contributed by atoms with Gasteiger partial charge in [0.1, 0.15) is 7.85 Å².